The second-order valence-corrected chi connectivity index (χ2v) is 5.60. The van der Waals surface area contributed by atoms with Gasteiger partial charge in [-0.1, -0.05) is 0 Å². The van der Waals surface area contributed by atoms with E-state index in [2.05, 4.69) is 0 Å². The van der Waals surface area contributed by atoms with Crippen LogP contribution in [0.15, 0.2) is 9.78 Å². The first-order valence-corrected chi connectivity index (χ1v) is 6.60. The van der Waals surface area contributed by atoms with Crippen molar-refractivity contribution in [1.29, 1.82) is 0 Å². The SMILES string of the molecule is NC1CC(=O)N(C2OC(CO)C(O)C2O)C=C1I. The standard InChI is InChI=1S/C10H15IN2O5/c11-4-2-13(7(15)1-5(4)12)10-9(17)8(16)6(3-14)18-10/h2,5-6,8-10,14,16-17H,1,3,12H2. The lowest BCUT2D eigenvalue weighted by atomic mass is 10.1. The van der Waals surface area contributed by atoms with E-state index in [4.69, 9.17) is 15.6 Å². The van der Waals surface area contributed by atoms with Gasteiger partial charge in [-0.3, -0.25) is 9.69 Å². The highest BCUT2D eigenvalue weighted by Gasteiger charge is 2.47. The number of rotatable bonds is 2. The second kappa shape index (κ2) is 5.39. The normalized spacial score (nSPS) is 41.2. The minimum Gasteiger partial charge on any atom is -0.394 e. The van der Waals surface area contributed by atoms with Gasteiger partial charge < -0.3 is 25.8 Å². The monoisotopic (exact) mass is 370 g/mol. The molecule has 1 amide bonds. The lowest BCUT2D eigenvalue weighted by molar-refractivity contribution is -0.147. The molecule has 102 valence electrons. The van der Waals surface area contributed by atoms with Crippen molar-refractivity contribution in [2.45, 2.75) is 37.0 Å². The van der Waals surface area contributed by atoms with E-state index in [0.29, 0.717) is 0 Å². The van der Waals surface area contributed by atoms with Gasteiger partial charge in [0, 0.05) is 22.2 Å². The number of ether oxygens (including phenoxy) is 1. The van der Waals surface area contributed by atoms with Crippen LogP contribution in [-0.4, -0.2) is 63.3 Å². The fourth-order valence-corrected chi connectivity index (χ4v) is 2.54. The molecule has 0 aromatic carbocycles. The van der Waals surface area contributed by atoms with Crippen LogP contribution in [0.3, 0.4) is 0 Å². The number of nitrogens with zero attached hydrogens (tertiary/aromatic N) is 1. The van der Waals surface area contributed by atoms with E-state index in [1.165, 1.54) is 11.1 Å². The Morgan fingerprint density at radius 2 is 2.17 bits per heavy atom. The highest BCUT2D eigenvalue weighted by molar-refractivity contribution is 14.1. The highest BCUT2D eigenvalue weighted by atomic mass is 127. The third-order valence-corrected chi connectivity index (χ3v) is 4.17. The summed E-state index contributed by atoms with van der Waals surface area (Å²) in [4.78, 5) is 13.1. The zero-order valence-corrected chi connectivity index (χ0v) is 11.6. The van der Waals surface area contributed by atoms with Gasteiger partial charge in [0.2, 0.25) is 5.91 Å². The van der Waals surface area contributed by atoms with Crippen LogP contribution in [-0.2, 0) is 9.53 Å². The number of amides is 1. The van der Waals surface area contributed by atoms with Crippen molar-refractivity contribution >= 4 is 28.5 Å². The van der Waals surface area contributed by atoms with Gasteiger partial charge in [-0.05, 0) is 22.6 Å². The lowest BCUT2D eigenvalue weighted by Gasteiger charge is -2.32. The lowest BCUT2D eigenvalue weighted by Crippen LogP contribution is -2.48. The molecule has 8 heteroatoms. The largest absolute Gasteiger partial charge is 0.394 e. The van der Waals surface area contributed by atoms with E-state index in [9.17, 15) is 15.0 Å². The van der Waals surface area contributed by atoms with Crippen molar-refractivity contribution in [2.75, 3.05) is 6.61 Å². The van der Waals surface area contributed by atoms with Gasteiger partial charge in [-0.2, -0.15) is 0 Å². The Labute approximate surface area is 117 Å². The third kappa shape index (κ3) is 2.40. The molecule has 7 nitrogen and oxygen atoms in total. The van der Waals surface area contributed by atoms with Crippen molar-refractivity contribution in [3.63, 3.8) is 0 Å². The molecule has 1 fully saturated rings. The molecule has 1 saturated heterocycles. The molecule has 2 aliphatic rings. The van der Waals surface area contributed by atoms with Gasteiger partial charge in [-0.25, -0.2) is 0 Å². The maximum absolute atomic E-state index is 11.8. The first-order valence-electron chi connectivity index (χ1n) is 5.52. The average Bonchev–Trinajstić information content (AvgIpc) is 2.61. The van der Waals surface area contributed by atoms with Gasteiger partial charge in [0.15, 0.2) is 6.23 Å². The molecule has 2 aliphatic heterocycles. The number of halogens is 1. The Morgan fingerprint density at radius 3 is 2.72 bits per heavy atom. The molecule has 18 heavy (non-hydrogen) atoms. The topological polar surface area (TPSA) is 116 Å². The van der Waals surface area contributed by atoms with E-state index in [-0.39, 0.29) is 18.4 Å². The summed E-state index contributed by atoms with van der Waals surface area (Å²) < 4.78 is 6.06. The summed E-state index contributed by atoms with van der Waals surface area (Å²) in [6.07, 6.45) is -2.70. The fraction of sp³-hybridized carbons (Fsp3) is 0.700. The molecule has 0 bridgehead atoms. The van der Waals surface area contributed by atoms with Crippen LogP contribution in [0, 0.1) is 0 Å². The van der Waals surface area contributed by atoms with E-state index in [1.807, 2.05) is 22.6 Å². The molecule has 2 heterocycles. The molecule has 0 saturated carbocycles. The van der Waals surface area contributed by atoms with Crippen LogP contribution >= 0.6 is 22.6 Å². The Bertz CT molecular complexity index is 377. The average molecular weight is 370 g/mol. The zero-order valence-electron chi connectivity index (χ0n) is 9.44. The summed E-state index contributed by atoms with van der Waals surface area (Å²) in [6, 6.07) is -0.341. The molecule has 0 radical (unpaired) electrons. The number of nitrogens with two attached hydrogens (primary N) is 1. The number of hydrogen-bond donors (Lipinski definition) is 4. The molecule has 5 N–H and O–H groups in total. The van der Waals surface area contributed by atoms with Crippen molar-refractivity contribution < 1.29 is 24.9 Å². The molecule has 0 spiro atoms. The van der Waals surface area contributed by atoms with Crippen LogP contribution in [0.25, 0.3) is 0 Å². The van der Waals surface area contributed by atoms with E-state index < -0.39 is 31.1 Å². The second-order valence-electron chi connectivity index (χ2n) is 4.35. The van der Waals surface area contributed by atoms with Gasteiger partial charge in [0.1, 0.15) is 18.3 Å². The van der Waals surface area contributed by atoms with Crippen molar-refractivity contribution in [3.8, 4) is 0 Å². The predicted octanol–water partition coefficient (Wildman–Crippen LogP) is -1.74. The predicted molar refractivity (Wildman–Crippen MR) is 69.3 cm³/mol. The minimum absolute atomic E-state index is 0.126. The summed E-state index contributed by atoms with van der Waals surface area (Å²) >= 11 is 2.01. The summed E-state index contributed by atoms with van der Waals surface area (Å²) in [5, 5.41) is 28.5. The molecule has 0 aromatic heterocycles. The Hall–Kier alpha value is -0.260. The van der Waals surface area contributed by atoms with Gasteiger partial charge in [-0.15, -0.1) is 0 Å². The van der Waals surface area contributed by atoms with E-state index >= 15 is 0 Å². The quantitative estimate of drug-likeness (QED) is 0.429. The smallest absolute Gasteiger partial charge is 0.230 e. The first kappa shape index (κ1) is 14.2. The molecule has 0 aromatic rings. The first-order chi connectivity index (χ1) is 8.45. The zero-order chi connectivity index (χ0) is 13.4. The molecule has 2 rings (SSSR count). The summed E-state index contributed by atoms with van der Waals surface area (Å²) in [5.41, 5.74) is 5.73. The third-order valence-electron chi connectivity index (χ3n) is 3.09. The van der Waals surface area contributed by atoms with Crippen LogP contribution in [0.5, 0.6) is 0 Å². The van der Waals surface area contributed by atoms with Crippen LogP contribution in [0.2, 0.25) is 0 Å². The van der Waals surface area contributed by atoms with Crippen LogP contribution in [0.1, 0.15) is 6.42 Å². The van der Waals surface area contributed by atoms with E-state index in [0.717, 1.165) is 3.58 Å². The van der Waals surface area contributed by atoms with Crippen LogP contribution < -0.4 is 5.73 Å². The number of aliphatic hydroxyl groups excluding tert-OH is 3. The highest BCUT2D eigenvalue weighted by Crippen LogP contribution is 2.29. The van der Waals surface area contributed by atoms with Crippen molar-refractivity contribution in [3.05, 3.63) is 9.78 Å². The summed E-state index contributed by atoms with van der Waals surface area (Å²) in [6.45, 7) is -0.420. The van der Waals surface area contributed by atoms with Crippen LogP contribution in [0.4, 0.5) is 0 Å². The fourth-order valence-electron chi connectivity index (χ4n) is 2.02. The molecule has 5 unspecified atom stereocenters. The Balaban J connectivity index is 2.19. The Kier molecular flexibility index (Phi) is 4.24. The number of hydrogen-bond acceptors (Lipinski definition) is 6. The number of carbonyl (C=O) groups excluding carboxylic acids is 1. The maximum atomic E-state index is 11.8. The molecular weight excluding hydrogens is 355 g/mol. The molecule has 0 aliphatic carbocycles. The molecule has 5 atom stereocenters. The van der Waals surface area contributed by atoms with Crippen molar-refractivity contribution in [1.82, 2.24) is 4.90 Å². The minimum atomic E-state index is -1.25. The number of carbonyl (C=O) groups is 1. The van der Waals surface area contributed by atoms with Crippen molar-refractivity contribution in [2.24, 2.45) is 5.73 Å². The number of aliphatic hydroxyl groups is 3. The molecular formula is C10H15IN2O5. The maximum Gasteiger partial charge on any atom is 0.230 e. The van der Waals surface area contributed by atoms with Gasteiger partial charge in [0.05, 0.1) is 6.61 Å². The van der Waals surface area contributed by atoms with E-state index in [1.54, 1.807) is 0 Å². The van der Waals surface area contributed by atoms with Gasteiger partial charge in [0.25, 0.3) is 0 Å². The Morgan fingerprint density at radius 1 is 1.50 bits per heavy atom. The summed E-state index contributed by atoms with van der Waals surface area (Å²) in [7, 11) is 0. The van der Waals surface area contributed by atoms with Gasteiger partial charge >= 0.3 is 0 Å². The summed E-state index contributed by atoms with van der Waals surface area (Å²) in [5.74, 6) is -0.280.